The fourth-order valence-electron chi connectivity index (χ4n) is 2.87. The molecule has 5 nitrogen and oxygen atoms in total. The molecule has 1 saturated heterocycles. The SMILES string of the molecule is O=C1NC(=S)N/C1=C/c1cccc(-c2ccc3c(c2)CNC3=O)c1. The van der Waals surface area contributed by atoms with Crippen LogP contribution in [0.5, 0.6) is 0 Å². The Kier molecular flexibility index (Phi) is 3.39. The Hall–Kier alpha value is -2.99. The lowest BCUT2D eigenvalue weighted by atomic mass is 9.99. The van der Waals surface area contributed by atoms with Crippen LogP contribution >= 0.6 is 12.2 Å². The first-order valence-corrected chi connectivity index (χ1v) is 7.86. The highest BCUT2D eigenvalue weighted by Crippen LogP contribution is 2.26. The van der Waals surface area contributed by atoms with E-state index in [2.05, 4.69) is 16.0 Å². The smallest absolute Gasteiger partial charge is 0.273 e. The van der Waals surface area contributed by atoms with Crippen molar-refractivity contribution in [3.63, 3.8) is 0 Å². The van der Waals surface area contributed by atoms with Gasteiger partial charge in [-0.1, -0.05) is 24.3 Å². The van der Waals surface area contributed by atoms with Crippen molar-refractivity contribution in [2.75, 3.05) is 0 Å². The van der Waals surface area contributed by atoms with Gasteiger partial charge in [0.1, 0.15) is 5.70 Å². The summed E-state index contributed by atoms with van der Waals surface area (Å²) in [5.74, 6) is -0.253. The highest BCUT2D eigenvalue weighted by Gasteiger charge is 2.20. The molecule has 118 valence electrons. The number of carbonyl (C=O) groups excluding carboxylic acids is 2. The van der Waals surface area contributed by atoms with Crippen molar-refractivity contribution in [3.8, 4) is 11.1 Å². The van der Waals surface area contributed by atoms with Gasteiger partial charge in [-0.3, -0.25) is 14.9 Å². The normalized spacial score (nSPS) is 17.5. The lowest BCUT2D eigenvalue weighted by Crippen LogP contribution is -2.21. The van der Waals surface area contributed by atoms with Gasteiger partial charge in [-0.15, -0.1) is 0 Å². The van der Waals surface area contributed by atoms with Gasteiger partial charge in [-0.05, 0) is 58.7 Å². The maximum atomic E-state index is 11.7. The van der Waals surface area contributed by atoms with Crippen LogP contribution in [-0.4, -0.2) is 16.9 Å². The zero-order valence-electron chi connectivity index (χ0n) is 12.6. The van der Waals surface area contributed by atoms with Crippen molar-refractivity contribution in [1.29, 1.82) is 0 Å². The molecule has 0 bridgehead atoms. The van der Waals surface area contributed by atoms with Gasteiger partial charge in [0.15, 0.2) is 5.11 Å². The second-order valence-corrected chi connectivity index (χ2v) is 6.05. The predicted molar refractivity (Wildman–Crippen MR) is 94.9 cm³/mol. The minimum Gasteiger partial charge on any atom is -0.348 e. The van der Waals surface area contributed by atoms with Gasteiger partial charge in [-0.2, -0.15) is 0 Å². The minimum absolute atomic E-state index is 0.0238. The van der Waals surface area contributed by atoms with Gasteiger partial charge in [-0.25, -0.2) is 0 Å². The molecule has 2 aliphatic heterocycles. The summed E-state index contributed by atoms with van der Waals surface area (Å²) in [6, 6.07) is 13.7. The predicted octanol–water partition coefficient (Wildman–Crippen LogP) is 1.94. The summed E-state index contributed by atoms with van der Waals surface area (Å²) in [5, 5.41) is 8.51. The zero-order valence-corrected chi connectivity index (χ0v) is 13.4. The highest BCUT2D eigenvalue weighted by molar-refractivity contribution is 7.80. The van der Waals surface area contributed by atoms with E-state index in [-0.39, 0.29) is 11.8 Å². The number of hydrogen-bond acceptors (Lipinski definition) is 3. The molecule has 0 aliphatic carbocycles. The van der Waals surface area contributed by atoms with E-state index < -0.39 is 0 Å². The lowest BCUT2D eigenvalue weighted by molar-refractivity contribution is -0.115. The summed E-state index contributed by atoms with van der Waals surface area (Å²) < 4.78 is 0. The van der Waals surface area contributed by atoms with Crippen LogP contribution in [0, 0.1) is 0 Å². The average Bonchev–Trinajstić information content (AvgIpc) is 3.10. The molecule has 6 heteroatoms. The van der Waals surface area contributed by atoms with E-state index in [9.17, 15) is 9.59 Å². The largest absolute Gasteiger partial charge is 0.348 e. The number of amides is 2. The van der Waals surface area contributed by atoms with Gasteiger partial charge in [0.2, 0.25) is 0 Å². The van der Waals surface area contributed by atoms with Gasteiger partial charge in [0, 0.05) is 12.1 Å². The number of thiocarbonyl (C=S) groups is 1. The number of carbonyl (C=O) groups is 2. The van der Waals surface area contributed by atoms with E-state index in [1.165, 1.54) is 0 Å². The zero-order chi connectivity index (χ0) is 16.7. The molecular weight excluding hydrogens is 322 g/mol. The molecule has 3 N–H and O–H groups in total. The molecule has 1 fully saturated rings. The third kappa shape index (κ3) is 2.57. The van der Waals surface area contributed by atoms with Crippen LogP contribution in [0.2, 0.25) is 0 Å². The van der Waals surface area contributed by atoms with Crippen LogP contribution in [0.25, 0.3) is 17.2 Å². The molecule has 0 spiro atoms. The fraction of sp³-hybridized carbons (Fsp3) is 0.0556. The molecule has 2 aromatic rings. The van der Waals surface area contributed by atoms with Crippen LogP contribution in [0.3, 0.4) is 0 Å². The maximum Gasteiger partial charge on any atom is 0.273 e. The molecule has 2 aromatic carbocycles. The quantitative estimate of drug-likeness (QED) is 0.579. The van der Waals surface area contributed by atoms with Crippen molar-refractivity contribution < 1.29 is 9.59 Å². The van der Waals surface area contributed by atoms with Gasteiger partial charge in [0.05, 0.1) is 0 Å². The van der Waals surface area contributed by atoms with Crippen molar-refractivity contribution in [3.05, 3.63) is 64.9 Å². The number of rotatable bonds is 2. The number of benzene rings is 2. The molecule has 2 amide bonds. The van der Waals surface area contributed by atoms with E-state index in [4.69, 9.17) is 12.2 Å². The van der Waals surface area contributed by atoms with Crippen LogP contribution < -0.4 is 16.0 Å². The van der Waals surface area contributed by atoms with Crippen LogP contribution in [0.15, 0.2) is 48.2 Å². The monoisotopic (exact) mass is 335 g/mol. The number of hydrogen-bond donors (Lipinski definition) is 3. The Labute approximate surface area is 143 Å². The lowest BCUT2D eigenvalue weighted by Gasteiger charge is -2.06. The molecule has 0 saturated carbocycles. The van der Waals surface area contributed by atoms with E-state index in [0.29, 0.717) is 17.4 Å². The summed E-state index contributed by atoms with van der Waals surface area (Å²) in [4.78, 5) is 23.4. The van der Waals surface area contributed by atoms with Gasteiger partial charge < -0.3 is 10.6 Å². The topological polar surface area (TPSA) is 70.2 Å². The van der Waals surface area contributed by atoms with Crippen LogP contribution in [0.4, 0.5) is 0 Å². The Balaban J connectivity index is 1.69. The molecule has 2 aliphatic rings. The van der Waals surface area contributed by atoms with E-state index >= 15 is 0 Å². The van der Waals surface area contributed by atoms with Gasteiger partial charge >= 0.3 is 0 Å². The Morgan fingerprint density at radius 3 is 2.58 bits per heavy atom. The summed E-state index contributed by atoms with van der Waals surface area (Å²) in [7, 11) is 0. The molecule has 2 heterocycles. The first-order valence-electron chi connectivity index (χ1n) is 7.46. The second-order valence-electron chi connectivity index (χ2n) is 5.65. The molecule has 0 radical (unpaired) electrons. The van der Waals surface area contributed by atoms with Crippen LogP contribution in [-0.2, 0) is 11.3 Å². The highest BCUT2D eigenvalue weighted by atomic mass is 32.1. The van der Waals surface area contributed by atoms with Crippen molar-refractivity contribution >= 4 is 35.2 Å². The van der Waals surface area contributed by atoms with E-state index in [1.807, 2.05) is 42.5 Å². The summed E-state index contributed by atoms with van der Waals surface area (Å²) in [6.45, 7) is 0.563. The summed E-state index contributed by atoms with van der Waals surface area (Å²) in [5.41, 5.74) is 5.11. The third-order valence-corrected chi connectivity index (χ3v) is 4.24. The summed E-state index contributed by atoms with van der Waals surface area (Å²) >= 11 is 4.93. The van der Waals surface area contributed by atoms with E-state index in [0.717, 1.165) is 27.8 Å². The standard InChI is InChI=1S/C18H13N3O2S/c22-16-14-5-4-12(8-13(14)9-19-16)11-3-1-2-10(6-11)7-15-17(23)21-18(24)20-15/h1-8H,9H2,(H,19,22)(H2,20,21,23,24)/b15-7+. The number of fused-ring (bicyclic) bond motifs is 1. The van der Waals surface area contributed by atoms with Crippen molar-refractivity contribution in [2.24, 2.45) is 0 Å². The fourth-order valence-corrected chi connectivity index (χ4v) is 3.07. The first-order chi connectivity index (χ1) is 11.6. The Bertz CT molecular complexity index is 934. The molecular formula is C18H13N3O2S. The van der Waals surface area contributed by atoms with Crippen LogP contribution in [0.1, 0.15) is 21.5 Å². The Morgan fingerprint density at radius 2 is 1.79 bits per heavy atom. The molecule has 0 atom stereocenters. The Morgan fingerprint density at radius 1 is 0.958 bits per heavy atom. The molecule has 0 aromatic heterocycles. The second kappa shape index (κ2) is 5.58. The van der Waals surface area contributed by atoms with E-state index in [1.54, 1.807) is 6.08 Å². The minimum atomic E-state index is -0.229. The number of nitrogens with one attached hydrogen (secondary N) is 3. The molecule has 4 rings (SSSR count). The van der Waals surface area contributed by atoms with Crippen molar-refractivity contribution in [2.45, 2.75) is 6.54 Å². The van der Waals surface area contributed by atoms with Gasteiger partial charge in [0.25, 0.3) is 11.8 Å². The summed E-state index contributed by atoms with van der Waals surface area (Å²) in [6.07, 6.45) is 1.76. The average molecular weight is 335 g/mol. The maximum absolute atomic E-state index is 11.7. The van der Waals surface area contributed by atoms with Crippen molar-refractivity contribution in [1.82, 2.24) is 16.0 Å². The third-order valence-electron chi connectivity index (χ3n) is 4.04. The molecule has 24 heavy (non-hydrogen) atoms. The molecule has 0 unspecified atom stereocenters. The first kappa shape index (κ1) is 14.6.